The van der Waals surface area contributed by atoms with Crippen molar-refractivity contribution < 1.29 is 23.5 Å². The van der Waals surface area contributed by atoms with Crippen molar-refractivity contribution in [1.82, 2.24) is 10.2 Å². The van der Waals surface area contributed by atoms with Crippen LogP contribution >= 0.6 is 0 Å². The molecule has 7 nitrogen and oxygen atoms in total. The molecule has 1 aromatic rings. The smallest absolute Gasteiger partial charge is 0.318 e. The predicted molar refractivity (Wildman–Crippen MR) is 137 cm³/mol. The molecular formula is C30H40N2O5. The fourth-order valence-corrected chi connectivity index (χ4v) is 8.92. The van der Waals surface area contributed by atoms with Gasteiger partial charge in [0.1, 0.15) is 11.2 Å². The number of carbonyl (C=O) groups is 3. The molecule has 7 heteroatoms. The molecule has 0 unspecified atom stereocenters. The van der Waals surface area contributed by atoms with Gasteiger partial charge in [-0.3, -0.25) is 14.4 Å². The summed E-state index contributed by atoms with van der Waals surface area (Å²) in [6, 6.07) is 3.64. The Labute approximate surface area is 219 Å². The second-order valence-electron chi connectivity index (χ2n) is 12.6. The Kier molecular flexibility index (Phi) is 6.44. The number of furan rings is 1. The Morgan fingerprint density at radius 1 is 1.14 bits per heavy atom. The Balaban J connectivity index is 1.20. The lowest BCUT2D eigenvalue weighted by Crippen LogP contribution is -2.54. The number of amides is 2. The predicted octanol–water partition coefficient (Wildman–Crippen LogP) is 4.97. The molecule has 5 aliphatic carbocycles. The quantitative estimate of drug-likeness (QED) is 0.501. The summed E-state index contributed by atoms with van der Waals surface area (Å²) in [4.78, 5) is 42.2. The van der Waals surface area contributed by atoms with Crippen LogP contribution in [0, 0.1) is 34.5 Å². The molecule has 2 atom stereocenters. The number of carbonyl (C=O) groups excluding carboxylic acids is 3. The van der Waals surface area contributed by atoms with Gasteiger partial charge in [-0.2, -0.15) is 0 Å². The summed E-state index contributed by atoms with van der Waals surface area (Å²) in [5.41, 5.74) is 0.0843. The van der Waals surface area contributed by atoms with Gasteiger partial charge in [-0.25, -0.2) is 0 Å². The zero-order valence-corrected chi connectivity index (χ0v) is 22.0. The van der Waals surface area contributed by atoms with Crippen LogP contribution in [0.3, 0.4) is 0 Å². The zero-order valence-electron chi connectivity index (χ0n) is 22.0. The maximum Gasteiger partial charge on any atom is 0.318 e. The Hall–Kier alpha value is -2.57. The van der Waals surface area contributed by atoms with E-state index in [4.69, 9.17) is 9.15 Å². The van der Waals surface area contributed by atoms with E-state index in [1.165, 1.54) is 38.5 Å². The van der Waals surface area contributed by atoms with Crippen molar-refractivity contribution in [3.63, 3.8) is 0 Å². The topological polar surface area (TPSA) is 88.8 Å². The SMILES string of the molecule is CCOC(=O)[C@]12CCCC=C1N(Cc1ccco1)C(=O)[C@H](CC(=O)NCC13CC4CC(CC(C4)C1)C3)C2. The van der Waals surface area contributed by atoms with E-state index < -0.39 is 11.3 Å². The maximum absolute atomic E-state index is 13.8. The van der Waals surface area contributed by atoms with Crippen molar-refractivity contribution >= 4 is 17.8 Å². The van der Waals surface area contributed by atoms with E-state index in [2.05, 4.69) is 5.32 Å². The van der Waals surface area contributed by atoms with E-state index in [9.17, 15) is 14.4 Å². The van der Waals surface area contributed by atoms with Crippen LogP contribution < -0.4 is 5.32 Å². The van der Waals surface area contributed by atoms with E-state index in [0.29, 0.717) is 18.6 Å². The molecule has 6 aliphatic rings. The van der Waals surface area contributed by atoms with Crippen LogP contribution in [0.15, 0.2) is 34.6 Å². The standard InChI is InChI=1S/C30H40N2O5/c1-2-36-28(35)30-8-4-3-7-25(30)32(18-24-6-5-9-37-24)27(34)23(17-30)13-26(33)31-19-29-14-20-10-21(15-29)12-22(11-20)16-29/h5-7,9,20-23H,2-4,8,10-19H2,1H3,(H,31,33)/t20?,21?,22?,23-,29?,30+/m1/s1. The summed E-state index contributed by atoms with van der Waals surface area (Å²) >= 11 is 0. The summed E-state index contributed by atoms with van der Waals surface area (Å²) in [7, 11) is 0. The number of esters is 1. The average Bonchev–Trinajstić information content (AvgIpc) is 3.38. The molecule has 0 aromatic carbocycles. The zero-order chi connectivity index (χ0) is 25.6. The van der Waals surface area contributed by atoms with Gasteiger partial charge < -0.3 is 19.4 Å². The minimum Gasteiger partial charge on any atom is -0.467 e. The summed E-state index contributed by atoms with van der Waals surface area (Å²) in [5.74, 6) is 2.13. The average molecular weight is 509 g/mol. The molecule has 0 spiro atoms. The Morgan fingerprint density at radius 3 is 2.51 bits per heavy atom. The third kappa shape index (κ3) is 4.52. The van der Waals surface area contributed by atoms with Crippen molar-refractivity contribution in [2.45, 2.75) is 84.1 Å². The molecular weight excluding hydrogens is 468 g/mol. The molecule has 4 saturated carbocycles. The number of allylic oxidation sites excluding steroid dienone is 1. The number of hydrogen-bond acceptors (Lipinski definition) is 5. The number of piperidine rings is 1. The fraction of sp³-hybridized carbons (Fsp3) is 0.700. The fourth-order valence-electron chi connectivity index (χ4n) is 8.92. The van der Waals surface area contributed by atoms with Gasteiger partial charge in [0.2, 0.25) is 11.8 Å². The summed E-state index contributed by atoms with van der Waals surface area (Å²) in [5, 5.41) is 3.25. The molecule has 0 radical (unpaired) electrons. The highest BCUT2D eigenvalue weighted by molar-refractivity contribution is 5.92. The van der Waals surface area contributed by atoms with Crippen LogP contribution in [0.5, 0.6) is 0 Å². The molecule has 1 aliphatic heterocycles. The molecule has 200 valence electrons. The van der Waals surface area contributed by atoms with Gasteiger partial charge in [0.25, 0.3) is 0 Å². The Bertz CT molecular complexity index is 1040. The van der Waals surface area contributed by atoms with Crippen LogP contribution in [0.25, 0.3) is 0 Å². The minimum absolute atomic E-state index is 0.0747. The lowest BCUT2D eigenvalue weighted by Gasteiger charge is -2.57. The largest absolute Gasteiger partial charge is 0.467 e. The lowest BCUT2D eigenvalue weighted by atomic mass is 9.49. The summed E-state index contributed by atoms with van der Waals surface area (Å²) < 4.78 is 11.1. The monoisotopic (exact) mass is 508 g/mol. The Morgan fingerprint density at radius 2 is 1.86 bits per heavy atom. The molecule has 2 heterocycles. The van der Waals surface area contributed by atoms with E-state index in [0.717, 1.165) is 42.8 Å². The molecule has 1 saturated heterocycles. The van der Waals surface area contributed by atoms with Crippen molar-refractivity contribution in [3.8, 4) is 0 Å². The number of ether oxygens (including phenoxy) is 1. The van der Waals surface area contributed by atoms with Crippen LogP contribution in [0.4, 0.5) is 0 Å². The first kappa shape index (κ1) is 24.7. The number of likely N-dealkylation sites (tertiary alicyclic amines) is 1. The molecule has 7 rings (SSSR count). The summed E-state index contributed by atoms with van der Waals surface area (Å²) in [6.45, 7) is 3.08. The van der Waals surface area contributed by atoms with Crippen LogP contribution in [-0.2, 0) is 25.7 Å². The van der Waals surface area contributed by atoms with Gasteiger partial charge in [-0.05, 0) is 106 Å². The minimum atomic E-state index is -0.889. The molecule has 4 bridgehead atoms. The number of fused-ring (bicyclic) bond motifs is 1. The molecule has 1 aromatic heterocycles. The second-order valence-corrected chi connectivity index (χ2v) is 12.6. The van der Waals surface area contributed by atoms with Crippen molar-refractivity contribution in [2.75, 3.05) is 13.2 Å². The van der Waals surface area contributed by atoms with Gasteiger partial charge in [-0.15, -0.1) is 0 Å². The maximum atomic E-state index is 13.8. The van der Waals surface area contributed by atoms with Crippen LogP contribution in [-0.4, -0.2) is 35.8 Å². The van der Waals surface area contributed by atoms with Crippen molar-refractivity contribution in [1.29, 1.82) is 0 Å². The van der Waals surface area contributed by atoms with E-state index in [-0.39, 0.29) is 42.8 Å². The molecule has 37 heavy (non-hydrogen) atoms. The van der Waals surface area contributed by atoms with Crippen LogP contribution in [0.2, 0.25) is 0 Å². The van der Waals surface area contributed by atoms with Gasteiger partial charge in [0, 0.05) is 24.6 Å². The van der Waals surface area contributed by atoms with E-state index >= 15 is 0 Å². The number of nitrogens with one attached hydrogen (secondary N) is 1. The van der Waals surface area contributed by atoms with Gasteiger partial charge in [0.05, 0.1) is 19.4 Å². The first-order valence-electron chi connectivity index (χ1n) is 14.4. The number of rotatable bonds is 8. The third-order valence-corrected chi connectivity index (χ3v) is 9.95. The van der Waals surface area contributed by atoms with Gasteiger partial charge in [0.15, 0.2) is 0 Å². The highest BCUT2D eigenvalue weighted by Gasteiger charge is 2.55. The lowest BCUT2D eigenvalue weighted by molar-refractivity contribution is -0.162. The van der Waals surface area contributed by atoms with Crippen molar-refractivity contribution in [3.05, 3.63) is 35.9 Å². The first-order chi connectivity index (χ1) is 17.9. The third-order valence-electron chi connectivity index (χ3n) is 9.95. The molecule has 1 N–H and O–H groups in total. The molecule has 5 fully saturated rings. The summed E-state index contributed by atoms with van der Waals surface area (Å²) in [6.07, 6.45) is 14.2. The highest BCUT2D eigenvalue weighted by atomic mass is 16.5. The van der Waals surface area contributed by atoms with Gasteiger partial charge in [-0.1, -0.05) is 6.08 Å². The van der Waals surface area contributed by atoms with Crippen molar-refractivity contribution in [2.24, 2.45) is 34.5 Å². The number of hydrogen-bond donors (Lipinski definition) is 1. The molecule has 2 amide bonds. The second kappa shape index (κ2) is 9.63. The van der Waals surface area contributed by atoms with E-state index in [1.807, 2.05) is 19.1 Å². The van der Waals surface area contributed by atoms with Gasteiger partial charge >= 0.3 is 5.97 Å². The normalized spacial score (nSPS) is 36.2. The van der Waals surface area contributed by atoms with E-state index in [1.54, 1.807) is 17.2 Å². The first-order valence-corrected chi connectivity index (χ1v) is 14.4. The van der Waals surface area contributed by atoms with Crippen LogP contribution in [0.1, 0.15) is 83.3 Å². The highest BCUT2D eigenvalue weighted by Crippen LogP contribution is 2.59. The number of nitrogens with zero attached hydrogens (tertiary/aromatic N) is 1.